The minimum atomic E-state index is -0.175. The predicted octanol–water partition coefficient (Wildman–Crippen LogP) is 2.96. The molecule has 19 heavy (non-hydrogen) atoms. The lowest BCUT2D eigenvalue weighted by Gasteiger charge is -2.37. The maximum absolute atomic E-state index is 6.11. The van der Waals surface area contributed by atoms with Crippen LogP contribution in [0.3, 0.4) is 0 Å². The van der Waals surface area contributed by atoms with Crippen LogP contribution in [0, 0.1) is 5.92 Å². The van der Waals surface area contributed by atoms with Crippen molar-refractivity contribution in [2.45, 2.75) is 58.6 Å². The Balaban J connectivity index is 2.12. The van der Waals surface area contributed by atoms with Crippen LogP contribution in [0.4, 0.5) is 0 Å². The molecular weight excluding hydrogens is 238 g/mol. The summed E-state index contributed by atoms with van der Waals surface area (Å²) >= 11 is 0. The molecule has 0 aliphatic heterocycles. The molecule has 4 nitrogen and oxygen atoms in total. The number of hydrogen-bond donors (Lipinski definition) is 2. The predicted molar refractivity (Wildman–Crippen MR) is 76.9 cm³/mol. The van der Waals surface area contributed by atoms with Gasteiger partial charge in [0.05, 0.1) is 0 Å². The van der Waals surface area contributed by atoms with E-state index in [1.54, 1.807) is 0 Å². The smallest absolute Gasteiger partial charge is 0.138 e. The number of nitrogens with zero attached hydrogens (tertiary/aromatic N) is 1. The van der Waals surface area contributed by atoms with Crippen LogP contribution < -0.4 is 5.32 Å². The number of H-pyrrole nitrogens is 1. The van der Waals surface area contributed by atoms with E-state index in [1.807, 2.05) is 6.20 Å². The number of hydrogen-bond acceptors (Lipinski definition) is 3. The van der Waals surface area contributed by atoms with Gasteiger partial charge < -0.3 is 15.0 Å². The minimum absolute atomic E-state index is 0.175. The molecule has 2 N–H and O–H groups in total. The molecule has 1 saturated carbocycles. The summed E-state index contributed by atoms with van der Waals surface area (Å²) < 4.78 is 6.11. The highest BCUT2D eigenvalue weighted by atomic mass is 16.5. The molecule has 108 valence electrons. The SMILES string of the molecule is CCNCc1cnc(C2(OCC)CCC(C)CC2)[nH]1. The van der Waals surface area contributed by atoms with Crippen molar-refractivity contribution in [2.24, 2.45) is 5.92 Å². The van der Waals surface area contributed by atoms with E-state index in [-0.39, 0.29) is 5.60 Å². The largest absolute Gasteiger partial charge is 0.367 e. The normalized spacial score (nSPS) is 27.6. The zero-order valence-corrected chi connectivity index (χ0v) is 12.5. The Morgan fingerprint density at radius 2 is 2.16 bits per heavy atom. The average molecular weight is 265 g/mol. The van der Waals surface area contributed by atoms with Crippen LogP contribution in [0.5, 0.6) is 0 Å². The highest BCUT2D eigenvalue weighted by Gasteiger charge is 2.39. The monoisotopic (exact) mass is 265 g/mol. The number of aromatic nitrogens is 2. The molecule has 0 aromatic carbocycles. The lowest BCUT2D eigenvalue weighted by molar-refractivity contribution is -0.0832. The third-order valence-corrected chi connectivity index (χ3v) is 4.13. The van der Waals surface area contributed by atoms with Crippen LogP contribution in [0.2, 0.25) is 0 Å². The van der Waals surface area contributed by atoms with Gasteiger partial charge in [-0.2, -0.15) is 0 Å². The summed E-state index contributed by atoms with van der Waals surface area (Å²) in [6.07, 6.45) is 6.55. The molecule has 0 bridgehead atoms. The Morgan fingerprint density at radius 1 is 1.42 bits per heavy atom. The zero-order chi connectivity index (χ0) is 13.7. The Hall–Kier alpha value is -0.870. The molecule has 0 unspecified atom stereocenters. The van der Waals surface area contributed by atoms with Crippen molar-refractivity contribution < 1.29 is 4.74 Å². The van der Waals surface area contributed by atoms with E-state index in [4.69, 9.17) is 4.74 Å². The van der Waals surface area contributed by atoms with Gasteiger partial charge in [-0.3, -0.25) is 0 Å². The van der Waals surface area contributed by atoms with E-state index in [0.717, 1.165) is 50.0 Å². The Morgan fingerprint density at radius 3 is 2.79 bits per heavy atom. The Labute approximate surface area is 116 Å². The Bertz CT molecular complexity index is 380. The van der Waals surface area contributed by atoms with Crippen molar-refractivity contribution in [3.8, 4) is 0 Å². The molecule has 1 heterocycles. The summed E-state index contributed by atoms with van der Waals surface area (Å²) in [6.45, 7) is 9.08. The number of nitrogens with one attached hydrogen (secondary N) is 2. The fourth-order valence-electron chi connectivity index (χ4n) is 2.89. The van der Waals surface area contributed by atoms with E-state index >= 15 is 0 Å². The highest BCUT2D eigenvalue weighted by molar-refractivity contribution is 5.10. The third kappa shape index (κ3) is 3.37. The molecule has 1 aromatic heterocycles. The maximum Gasteiger partial charge on any atom is 0.138 e. The van der Waals surface area contributed by atoms with Crippen LogP contribution >= 0.6 is 0 Å². The van der Waals surface area contributed by atoms with Gasteiger partial charge in [0, 0.05) is 25.0 Å². The van der Waals surface area contributed by atoms with Crippen LogP contribution in [-0.2, 0) is 16.9 Å². The molecular formula is C15H27N3O. The van der Waals surface area contributed by atoms with Crippen LogP contribution in [0.15, 0.2) is 6.20 Å². The first-order valence-electron chi connectivity index (χ1n) is 7.59. The lowest BCUT2D eigenvalue weighted by atomic mass is 9.79. The third-order valence-electron chi connectivity index (χ3n) is 4.13. The molecule has 1 aliphatic rings. The highest BCUT2D eigenvalue weighted by Crippen LogP contribution is 2.41. The van der Waals surface area contributed by atoms with Gasteiger partial charge in [-0.15, -0.1) is 0 Å². The van der Waals surface area contributed by atoms with Crippen molar-refractivity contribution in [1.29, 1.82) is 0 Å². The van der Waals surface area contributed by atoms with E-state index in [0.29, 0.717) is 0 Å². The fraction of sp³-hybridized carbons (Fsp3) is 0.800. The summed E-state index contributed by atoms with van der Waals surface area (Å²) in [5.41, 5.74) is 0.973. The summed E-state index contributed by atoms with van der Waals surface area (Å²) in [6, 6.07) is 0. The molecule has 0 radical (unpaired) electrons. The van der Waals surface area contributed by atoms with E-state index < -0.39 is 0 Å². The second kappa shape index (κ2) is 6.53. The first-order valence-corrected chi connectivity index (χ1v) is 7.59. The van der Waals surface area contributed by atoms with Gasteiger partial charge in [0.2, 0.25) is 0 Å². The second-order valence-corrected chi connectivity index (χ2v) is 5.65. The van der Waals surface area contributed by atoms with E-state index in [9.17, 15) is 0 Å². The Kier molecular flexibility index (Phi) is 4.99. The van der Waals surface area contributed by atoms with Crippen LogP contribution in [-0.4, -0.2) is 23.1 Å². The van der Waals surface area contributed by atoms with Gasteiger partial charge in [-0.05, 0) is 45.1 Å². The molecule has 0 amide bonds. The molecule has 2 rings (SSSR count). The standard InChI is InChI=1S/C15H27N3O/c1-4-16-10-13-11-17-14(18-13)15(19-5-2)8-6-12(3)7-9-15/h11-12,16H,4-10H2,1-3H3,(H,17,18). The minimum Gasteiger partial charge on any atom is -0.367 e. The average Bonchev–Trinajstić information content (AvgIpc) is 2.89. The topological polar surface area (TPSA) is 49.9 Å². The van der Waals surface area contributed by atoms with Crippen molar-refractivity contribution in [3.63, 3.8) is 0 Å². The molecule has 0 spiro atoms. The van der Waals surface area contributed by atoms with E-state index in [2.05, 4.69) is 36.1 Å². The van der Waals surface area contributed by atoms with Gasteiger partial charge >= 0.3 is 0 Å². The van der Waals surface area contributed by atoms with Gasteiger partial charge in [0.1, 0.15) is 11.4 Å². The quantitative estimate of drug-likeness (QED) is 0.831. The summed E-state index contributed by atoms with van der Waals surface area (Å²) in [5.74, 6) is 1.83. The number of rotatable bonds is 6. The molecule has 1 fully saturated rings. The van der Waals surface area contributed by atoms with Crippen molar-refractivity contribution >= 4 is 0 Å². The van der Waals surface area contributed by atoms with Gasteiger partial charge in [-0.25, -0.2) is 4.98 Å². The van der Waals surface area contributed by atoms with Crippen LogP contribution in [0.1, 0.15) is 58.0 Å². The molecule has 0 atom stereocenters. The lowest BCUT2D eigenvalue weighted by Crippen LogP contribution is -2.35. The molecule has 1 aliphatic carbocycles. The number of aromatic amines is 1. The summed E-state index contributed by atoms with van der Waals surface area (Å²) in [4.78, 5) is 8.05. The molecule has 4 heteroatoms. The first-order chi connectivity index (χ1) is 9.20. The number of ether oxygens (including phenoxy) is 1. The molecule has 0 saturated heterocycles. The van der Waals surface area contributed by atoms with Crippen molar-refractivity contribution in [1.82, 2.24) is 15.3 Å². The number of imidazole rings is 1. The fourth-order valence-corrected chi connectivity index (χ4v) is 2.89. The maximum atomic E-state index is 6.11. The first kappa shape index (κ1) is 14.5. The summed E-state index contributed by atoms with van der Waals surface area (Å²) in [7, 11) is 0. The van der Waals surface area contributed by atoms with E-state index in [1.165, 1.54) is 12.8 Å². The zero-order valence-electron chi connectivity index (χ0n) is 12.5. The summed E-state index contributed by atoms with van der Waals surface area (Å²) in [5, 5.41) is 3.32. The van der Waals surface area contributed by atoms with Crippen LogP contribution in [0.25, 0.3) is 0 Å². The van der Waals surface area contributed by atoms with Gasteiger partial charge in [0.25, 0.3) is 0 Å². The van der Waals surface area contributed by atoms with Gasteiger partial charge in [0.15, 0.2) is 0 Å². The van der Waals surface area contributed by atoms with Gasteiger partial charge in [-0.1, -0.05) is 13.8 Å². The van der Waals surface area contributed by atoms with Crippen molar-refractivity contribution in [3.05, 3.63) is 17.7 Å². The molecule has 1 aromatic rings. The second-order valence-electron chi connectivity index (χ2n) is 5.65. The van der Waals surface area contributed by atoms with Crippen molar-refractivity contribution in [2.75, 3.05) is 13.2 Å².